The van der Waals surface area contributed by atoms with Crippen LogP contribution in [-0.4, -0.2) is 21.9 Å². The molecule has 3 aliphatic carbocycles. The van der Waals surface area contributed by atoms with Crippen molar-refractivity contribution in [3.63, 3.8) is 0 Å². The summed E-state index contributed by atoms with van der Waals surface area (Å²) in [6, 6.07) is 1.81. The molecule has 3 aliphatic rings. The van der Waals surface area contributed by atoms with Crippen LogP contribution in [0.4, 0.5) is 4.79 Å². The summed E-state index contributed by atoms with van der Waals surface area (Å²) in [6.07, 6.45) is 14.2. The van der Waals surface area contributed by atoms with Crippen molar-refractivity contribution < 1.29 is 19.7 Å². The van der Waals surface area contributed by atoms with E-state index in [1.54, 1.807) is 6.07 Å². The van der Waals surface area contributed by atoms with Crippen molar-refractivity contribution in [3.05, 3.63) is 46.6 Å². The van der Waals surface area contributed by atoms with E-state index in [4.69, 9.17) is 4.74 Å². The predicted octanol–water partition coefficient (Wildman–Crippen LogP) is 7.80. The molecule has 2 saturated carbocycles. The van der Waals surface area contributed by atoms with Crippen molar-refractivity contribution in [2.45, 2.75) is 116 Å². The highest BCUT2D eigenvalue weighted by molar-refractivity contribution is 5.69. The van der Waals surface area contributed by atoms with E-state index in [0.717, 1.165) is 75.3 Å². The smallest absolute Gasteiger partial charge is 0.407 e. The number of carbonyl (C=O) groups is 1. The lowest BCUT2D eigenvalue weighted by molar-refractivity contribution is 0.0441. The summed E-state index contributed by atoms with van der Waals surface area (Å²) in [5.74, 6) is 0.737. The van der Waals surface area contributed by atoms with Crippen LogP contribution in [0.3, 0.4) is 0 Å². The number of aromatic hydroxyl groups is 2. The van der Waals surface area contributed by atoms with E-state index in [2.05, 4.69) is 31.8 Å². The topological polar surface area (TPSA) is 78.8 Å². The minimum atomic E-state index is -0.402. The first kappa shape index (κ1) is 26.6. The van der Waals surface area contributed by atoms with E-state index in [-0.39, 0.29) is 35.5 Å². The SMILES string of the molecule is C=C(C)C1CCC(C)=CC1c1c(O)cc(CCCCC)c(CNC(=O)OC2(C3CCCC3)CC2)c1O. The molecule has 3 N–H and O–H groups in total. The lowest BCUT2D eigenvalue weighted by Crippen LogP contribution is -2.33. The number of rotatable bonds is 10. The monoisotopic (exact) mass is 495 g/mol. The van der Waals surface area contributed by atoms with Gasteiger partial charge in [-0.1, -0.05) is 56.4 Å². The molecule has 0 spiro atoms. The maximum absolute atomic E-state index is 12.9. The molecule has 36 heavy (non-hydrogen) atoms. The number of unbranched alkanes of at least 4 members (excludes halogenated alkanes) is 2. The Morgan fingerprint density at radius 1 is 1.19 bits per heavy atom. The molecule has 1 aromatic rings. The Hall–Kier alpha value is -2.43. The number of phenolic OH excluding ortho intramolecular Hbond substituents is 2. The number of aryl methyl sites for hydroxylation is 1. The number of alkyl carbamates (subject to hydrolysis) is 1. The quantitative estimate of drug-likeness (QED) is 0.229. The van der Waals surface area contributed by atoms with Crippen molar-refractivity contribution in [2.75, 3.05) is 0 Å². The first-order valence-corrected chi connectivity index (χ1v) is 14.1. The number of benzene rings is 1. The van der Waals surface area contributed by atoms with Gasteiger partial charge in [-0.05, 0) is 88.7 Å². The first-order valence-electron chi connectivity index (χ1n) is 14.1. The van der Waals surface area contributed by atoms with Crippen LogP contribution in [0.2, 0.25) is 0 Å². The maximum atomic E-state index is 12.9. The number of phenols is 2. The van der Waals surface area contributed by atoms with Gasteiger partial charge in [-0.3, -0.25) is 0 Å². The fourth-order valence-electron chi connectivity index (χ4n) is 6.54. The molecule has 0 bridgehead atoms. The van der Waals surface area contributed by atoms with Gasteiger partial charge in [-0.15, -0.1) is 0 Å². The second-order valence-corrected chi connectivity index (χ2v) is 11.6. The molecule has 198 valence electrons. The lowest BCUT2D eigenvalue weighted by atomic mass is 9.73. The average molecular weight is 496 g/mol. The summed E-state index contributed by atoms with van der Waals surface area (Å²) in [5, 5.41) is 25.6. The summed E-state index contributed by atoms with van der Waals surface area (Å²) in [5.41, 5.74) is 4.18. The molecule has 5 nitrogen and oxygen atoms in total. The third-order valence-electron chi connectivity index (χ3n) is 8.83. The Kier molecular flexibility index (Phi) is 8.37. The Balaban J connectivity index is 1.59. The Morgan fingerprint density at radius 2 is 1.92 bits per heavy atom. The molecule has 1 aromatic carbocycles. The van der Waals surface area contributed by atoms with Gasteiger partial charge in [-0.25, -0.2) is 4.79 Å². The number of hydrogen-bond donors (Lipinski definition) is 3. The molecule has 1 amide bonds. The van der Waals surface area contributed by atoms with E-state index >= 15 is 0 Å². The van der Waals surface area contributed by atoms with Gasteiger partial charge in [-0.2, -0.15) is 0 Å². The van der Waals surface area contributed by atoms with Gasteiger partial charge in [0.1, 0.15) is 17.1 Å². The van der Waals surface area contributed by atoms with Gasteiger partial charge in [0, 0.05) is 17.0 Å². The van der Waals surface area contributed by atoms with E-state index in [9.17, 15) is 15.0 Å². The number of allylic oxidation sites excluding steroid dienone is 3. The summed E-state index contributed by atoms with van der Waals surface area (Å²) in [6.45, 7) is 10.7. The standard InChI is InChI=1S/C31H45NO4/c1-5-6-7-10-22-18-27(33)28(25-17-21(4)13-14-24(25)20(2)3)29(34)26(22)19-32-30(35)36-31(15-16-31)23-11-8-9-12-23/h17-18,23-25,33-34H,2,5-16,19H2,1,3-4H3,(H,32,35). The summed E-state index contributed by atoms with van der Waals surface area (Å²) >= 11 is 0. The largest absolute Gasteiger partial charge is 0.507 e. The van der Waals surface area contributed by atoms with Crippen LogP contribution < -0.4 is 5.32 Å². The zero-order valence-corrected chi connectivity index (χ0v) is 22.5. The molecule has 2 atom stereocenters. The van der Waals surface area contributed by atoms with Gasteiger partial charge in [0.15, 0.2) is 0 Å². The highest BCUT2D eigenvalue weighted by atomic mass is 16.6. The molecule has 5 heteroatoms. The van der Waals surface area contributed by atoms with Crippen LogP contribution >= 0.6 is 0 Å². The van der Waals surface area contributed by atoms with Gasteiger partial charge < -0.3 is 20.3 Å². The minimum absolute atomic E-state index is 0.0981. The predicted molar refractivity (Wildman–Crippen MR) is 144 cm³/mol. The van der Waals surface area contributed by atoms with E-state index in [1.807, 2.05) is 6.92 Å². The summed E-state index contributed by atoms with van der Waals surface area (Å²) in [4.78, 5) is 12.9. The second kappa shape index (κ2) is 11.3. The molecule has 2 fully saturated rings. The minimum Gasteiger partial charge on any atom is -0.507 e. The lowest BCUT2D eigenvalue weighted by Gasteiger charge is -2.32. The molecule has 0 saturated heterocycles. The normalized spacial score (nSPS) is 23.2. The summed E-state index contributed by atoms with van der Waals surface area (Å²) < 4.78 is 5.96. The van der Waals surface area contributed by atoms with Crippen molar-refractivity contribution in [3.8, 4) is 11.5 Å². The van der Waals surface area contributed by atoms with Crippen molar-refractivity contribution in [1.29, 1.82) is 0 Å². The van der Waals surface area contributed by atoms with Crippen molar-refractivity contribution in [2.24, 2.45) is 11.8 Å². The Labute approximate surface area is 217 Å². The van der Waals surface area contributed by atoms with Crippen LogP contribution in [0.15, 0.2) is 29.9 Å². The van der Waals surface area contributed by atoms with Crippen LogP contribution in [0.1, 0.15) is 114 Å². The molecule has 0 aliphatic heterocycles. The molecular formula is C31H45NO4. The molecule has 0 heterocycles. The molecule has 4 rings (SSSR count). The van der Waals surface area contributed by atoms with Crippen molar-refractivity contribution in [1.82, 2.24) is 5.32 Å². The number of hydrogen-bond acceptors (Lipinski definition) is 4. The Bertz CT molecular complexity index is 1000. The highest BCUT2D eigenvalue weighted by Gasteiger charge is 2.53. The van der Waals surface area contributed by atoms with Gasteiger partial charge in [0.25, 0.3) is 0 Å². The van der Waals surface area contributed by atoms with Gasteiger partial charge >= 0.3 is 6.09 Å². The maximum Gasteiger partial charge on any atom is 0.407 e. The Morgan fingerprint density at radius 3 is 2.56 bits per heavy atom. The number of carbonyl (C=O) groups excluding carboxylic acids is 1. The molecule has 0 radical (unpaired) electrons. The number of ether oxygens (including phenoxy) is 1. The van der Waals surface area contributed by atoms with E-state index < -0.39 is 6.09 Å². The summed E-state index contributed by atoms with van der Waals surface area (Å²) in [7, 11) is 0. The number of amides is 1. The van der Waals surface area contributed by atoms with Gasteiger partial charge in [0.2, 0.25) is 0 Å². The van der Waals surface area contributed by atoms with E-state index in [0.29, 0.717) is 17.0 Å². The van der Waals surface area contributed by atoms with Crippen LogP contribution in [0, 0.1) is 11.8 Å². The van der Waals surface area contributed by atoms with Crippen LogP contribution in [0.25, 0.3) is 0 Å². The zero-order chi connectivity index (χ0) is 25.9. The van der Waals surface area contributed by atoms with Crippen molar-refractivity contribution >= 4 is 6.09 Å². The van der Waals surface area contributed by atoms with E-state index in [1.165, 1.54) is 18.4 Å². The third-order valence-corrected chi connectivity index (χ3v) is 8.83. The third kappa shape index (κ3) is 5.76. The fraction of sp³-hybridized carbons (Fsp3) is 0.645. The first-order chi connectivity index (χ1) is 17.3. The van der Waals surface area contributed by atoms with Crippen LogP contribution in [-0.2, 0) is 17.7 Å². The molecule has 0 aromatic heterocycles. The average Bonchev–Trinajstić information content (AvgIpc) is 3.37. The molecule has 2 unspecified atom stereocenters. The fourth-order valence-corrected chi connectivity index (χ4v) is 6.54. The zero-order valence-electron chi connectivity index (χ0n) is 22.5. The highest BCUT2D eigenvalue weighted by Crippen LogP contribution is 2.52. The molecular weight excluding hydrogens is 450 g/mol. The van der Waals surface area contributed by atoms with Crippen LogP contribution in [0.5, 0.6) is 11.5 Å². The van der Waals surface area contributed by atoms with Gasteiger partial charge in [0.05, 0.1) is 6.54 Å². The second-order valence-electron chi connectivity index (χ2n) is 11.6. The number of nitrogens with one attached hydrogen (secondary N) is 1.